The maximum atomic E-state index is 13.8. The van der Waals surface area contributed by atoms with Crippen molar-refractivity contribution in [3.05, 3.63) is 64.7 Å². The van der Waals surface area contributed by atoms with Crippen LogP contribution in [-0.2, 0) is 30.8 Å². The van der Waals surface area contributed by atoms with Crippen LogP contribution < -0.4 is 10.0 Å². The van der Waals surface area contributed by atoms with Gasteiger partial charge in [0, 0.05) is 37.6 Å². The van der Waals surface area contributed by atoms with Crippen molar-refractivity contribution in [1.29, 1.82) is 0 Å². The van der Waals surface area contributed by atoms with Crippen molar-refractivity contribution in [2.45, 2.75) is 57.6 Å². The number of para-hydroxylation sites is 1. The molecule has 2 N–H and O–H groups in total. The summed E-state index contributed by atoms with van der Waals surface area (Å²) < 4.78 is 31.7. The van der Waals surface area contributed by atoms with Crippen LogP contribution in [0.25, 0.3) is 0 Å². The lowest BCUT2D eigenvalue weighted by Gasteiger charge is -2.40. The summed E-state index contributed by atoms with van der Waals surface area (Å²) in [4.78, 5) is 42.5. The Morgan fingerprint density at radius 3 is 2.21 bits per heavy atom. The highest BCUT2D eigenvalue weighted by molar-refractivity contribution is 7.92. The Balaban J connectivity index is 1.41. The molecule has 0 bridgehead atoms. The molecule has 2 saturated heterocycles. The largest absolute Gasteiger partial charge is 0.444 e. The number of carbonyl (C=O) groups is 3. The average molecular weight is 619 g/mol. The monoisotopic (exact) mass is 618 g/mol. The summed E-state index contributed by atoms with van der Waals surface area (Å²) in [5.41, 5.74) is 1.69. The van der Waals surface area contributed by atoms with Crippen LogP contribution in [0.3, 0.4) is 0 Å². The molecule has 1 atom stereocenters. The number of nitrogens with one attached hydrogen (secondary N) is 2. The number of rotatable bonds is 8. The number of anilines is 1. The molecule has 1 unspecified atom stereocenters. The summed E-state index contributed by atoms with van der Waals surface area (Å²) in [5, 5.41) is 3.52. The van der Waals surface area contributed by atoms with E-state index < -0.39 is 33.7 Å². The fourth-order valence-corrected chi connectivity index (χ4v) is 5.95. The highest BCUT2D eigenvalue weighted by atomic mass is 35.5. The molecular formula is C30H39ClN4O6S. The number of piperidine rings is 1. The summed E-state index contributed by atoms with van der Waals surface area (Å²) in [6.07, 6.45) is 2.27. The molecule has 12 heteroatoms. The molecule has 0 saturated carbocycles. The number of benzene rings is 2. The van der Waals surface area contributed by atoms with Crippen molar-refractivity contribution >= 4 is 45.2 Å². The first-order valence-corrected chi connectivity index (χ1v) is 16.3. The molecule has 2 heterocycles. The molecule has 0 aromatic heterocycles. The van der Waals surface area contributed by atoms with E-state index >= 15 is 0 Å². The molecule has 0 spiro atoms. The third kappa shape index (κ3) is 8.61. The van der Waals surface area contributed by atoms with Crippen LogP contribution in [-0.4, -0.2) is 80.2 Å². The summed E-state index contributed by atoms with van der Waals surface area (Å²) in [6.45, 7) is 6.77. The number of carbonyl (C=O) groups excluding carboxylic acids is 3. The molecule has 2 aromatic carbocycles. The summed E-state index contributed by atoms with van der Waals surface area (Å²) in [5.74, 6) is -0.805. The number of ether oxygens (including phenoxy) is 1. The van der Waals surface area contributed by atoms with Crippen molar-refractivity contribution in [2.24, 2.45) is 5.92 Å². The number of hydrogen-bond donors (Lipinski definition) is 2. The summed E-state index contributed by atoms with van der Waals surface area (Å²) >= 11 is 6.05. The van der Waals surface area contributed by atoms with Crippen LogP contribution >= 0.6 is 11.6 Å². The van der Waals surface area contributed by atoms with Gasteiger partial charge in [0.2, 0.25) is 21.8 Å². The minimum atomic E-state index is -3.43. The van der Waals surface area contributed by atoms with Crippen LogP contribution in [0.5, 0.6) is 0 Å². The van der Waals surface area contributed by atoms with E-state index in [2.05, 4.69) is 10.0 Å². The zero-order chi connectivity index (χ0) is 30.7. The van der Waals surface area contributed by atoms with E-state index in [9.17, 15) is 22.8 Å². The van der Waals surface area contributed by atoms with Crippen LogP contribution in [0.15, 0.2) is 48.5 Å². The molecule has 42 heavy (non-hydrogen) atoms. The fraction of sp³-hybridized carbons (Fsp3) is 0.500. The predicted octanol–water partition coefficient (Wildman–Crippen LogP) is 4.01. The normalized spacial score (nSPS) is 17.3. The molecule has 228 valence electrons. The van der Waals surface area contributed by atoms with Crippen molar-refractivity contribution in [3.63, 3.8) is 0 Å². The Bertz CT molecular complexity index is 1400. The molecule has 10 nitrogen and oxygen atoms in total. The van der Waals surface area contributed by atoms with E-state index in [1.807, 2.05) is 24.3 Å². The zero-order valence-electron chi connectivity index (χ0n) is 24.4. The van der Waals surface area contributed by atoms with Gasteiger partial charge in [-0.1, -0.05) is 41.9 Å². The lowest BCUT2D eigenvalue weighted by Crippen LogP contribution is -2.59. The topological polar surface area (TPSA) is 125 Å². The van der Waals surface area contributed by atoms with E-state index in [1.165, 1.54) is 4.90 Å². The third-order valence-electron chi connectivity index (χ3n) is 7.37. The Morgan fingerprint density at radius 2 is 1.62 bits per heavy atom. The van der Waals surface area contributed by atoms with Crippen LogP contribution in [0.2, 0.25) is 5.02 Å². The zero-order valence-corrected chi connectivity index (χ0v) is 26.0. The molecule has 4 rings (SSSR count). The number of nitrogens with zero attached hydrogens (tertiary/aromatic N) is 2. The first kappa shape index (κ1) is 31.6. The molecular weight excluding hydrogens is 580 g/mol. The summed E-state index contributed by atoms with van der Waals surface area (Å²) in [6, 6.07) is 13.7. The second kappa shape index (κ2) is 12.9. The summed E-state index contributed by atoms with van der Waals surface area (Å²) in [7, 11) is -3.43. The van der Waals surface area contributed by atoms with Gasteiger partial charge in [-0.05, 0) is 68.9 Å². The second-order valence-electron chi connectivity index (χ2n) is 12.0. The van der Waals surface area contributed by atoms with E-state index in [0.29, 0.717) is 43.1 Å². The van der Waals surface area contributed by atoms with Gasteiger partial charge in [0.15, 0.2) is 0 Å². The number of sulfonamides is 1. The standard InChI is InChI=1S/C30H39ClN4O6S/c1-30(2,3)41-29(38)35-18-22(19-35)27(36)32-26(17-20-9-11-23(31)12-10-20)28(37)34-15-13-21(14-16-34)24-7-5-6-8-25(24)33-42(4,39)40/h5-12,21-22,26,33H,13-19H2,1-4H3,(H,32,36). The lowest BCUT2D eigenvalue weighted by atomic mass is 9.88. The maximum Gasteiger partial charge on any atom is 0.410 e. The van der Waals surface area contributed by atoms with Gasteiger partial charge in [-0.15, -0.1) is 0 Å². The van der Waals surface area contributed by atoms with Gasteiger partial charge in [0.25, 0.3) is 0 Å². The smallest absolute Gasteiger partial charge is 0.410 e. The second-order valence-corrected chi connectivity index (χ2v) is 14.2. The SMILES string of the molecule is CC(C)(C)OC(=O)N1CC(C(=O)NC(Cc2ccc(Cl)cc2)C(=O)N2CCC(c3ccccc3NS(C)(=O)=O)CC2)C1. The van der Waals surface area contributed by atoms with Crippen LogP contribution in [0.4, 0.5) is 10.5 Å². The van der Waals surface area contributed by atoms with Gasteiger partial charge >= 0.3 is 6.09 Å². The van der Waals surface area contributed by atoms with Crippen LogP contribution in [0.1, 0.15) is 50.7 Å². The first-order valence-electron chi connectivity index (χ1n) is 14.1. The highest BCUT2D eigenvalue weighted by Crippen LogP contribution is 2.33. The Labute approximate surface area is 252 Å². The van der Waals surface area contributed by atoms with Crippen LogP contribution in [0, 0.1) is 5.92 Å². The quantitative estimate of drug-likeness (QED) is 0.461. The molecule has 0 radical (unpaired) electrons. The first-order chi connectivity index (χ1) is 19.7. The number of likely N-dealkylation sites (tertiary alicyclic amines) is 2. The highest BCUT2D eigenvalue weighted by Gasteiger charge is 2.40. The van der Waals surface area contributed by atoms with E-state index in [-0.39, 0.29) is 30.8 Å². The van der Waals surface area contributed by atoms with Gasteiger partial charge < -0.3 is 19.9 Å². The van der Waals surface area contributed by atoms with E-state index in [4.69, 9.17) is 16.3 Å². The van der Waals surface area contributed by atoms with Crippen molar-refractivity contribution in [2.75, 3.05) is 37.2 Å². The average Bonchev–Trinajstić information content (AvgIpc) is 2.87. The third-order valence-corrected chi connectivity index (χ3v) is 8.22. The molecule has 2 aliphatic heterocycles. The number of amides is 3. The maximum absolute atomic E-state index is 13.8. The molecule has 3 amide bonds. The van der Waals surface area contributed by atoms with E-state index in [0.717, 1.165) is 17.4 Å². The Morgan fingerprint density at radius 1 is 1.00 bits per heavy atom. The van der Waals surface area contributed by atoms with Gasteiger partial charge in [-0.2, -0.15) is 0 Å². The van der Waals surface area contributed by atoms with Gasteiger partial charge in [-0.3, -0.25) is 14.3 Å². The van der Waals surface area contributed by atoms with E-state index in [1.54, 1.807) is 49.9 Å². The molecule has 2 aromatic rings. The van der Waals surface area contributed by atoms with Crippen molar-refractivity contribution in [3.8, 4) is 0 Å². The van der Waals surface area contributed by atoms with Gasteiger partial charge in [-0.25, -0.2) is 13.2 Å². The lowest BCUT2D eigenvalue weighted by molar-refractivity contribution is -0.139. The molecule has 0 aliphatic carbocycles. The van der Waals surface area contributed by atoms with Gasteiger partial charge in [0.1, 0.15) is 11.6 Å². The Hall–Kier alpha value is -3.31. The van der Waals surface area contributed by atoms with Crippen molar-refractivity contribution < 1.29 is 27.5 Å². The number of halogens is 1. The molecule has 2 aliphatic rings. The minimum absolute atomic E-state index is 0.0811. The predicted molar refractivity (Wildman–Crippen MR) is 162 cm³/mol. The fourth-order valence-electron chi connectivity index (χ4n) is 5.24. The molecule has 2 fully saturated rings. The van der Waals surface area contributed by atoms with Gasteiger partial charge in [0.05, 0.1) is 17.9 Å². The van der Waals surface area contributed by atoms with Crippen molar-refractivity contribution in [1.82, 2.24) is 15.1 Å². The minimum Gasteiger partial charge on any atom is -0.444 e. The number of hydrogen-bond acceptors (Lipinski definition) is 6. The Kier molecular flexibility index (Phi) is 9.72.